The van der Waals surface area contributed by atoms with Crippen LogP contribution in [0, 0.1) is 17.1 Å². The number of nitriles is 1. The van der Waals surface area contributed by atoms with Gasteiger partial charge in [0.05, 0.1) is 35.1 Å². The van der Waals surface area contributed by atoms with Crippen molar-refractivity contribution < 1.29 is 9.13 Å². The molecule has 1 aliphatic heterocycles. The highest BCUT2D eigenvalue weighted by Gasteiger charge is 2.26. The molecule has 36 heavy (non-hydrogen) atoms. The van der Waals surface area contributed by atoms with Gasteiger partial charge in [-0.05, 0) is 32.0 Å². The summed E-state index contributed by atoms with van der Waals surface area (Å²) in [5.74, 6) is -0.370. The first kappa shape index (κ1) is 21.9. The van der Waals surface area contributed by atoms with Gasteiger partial charge in [-0.1, -0.05) is 0 Å². The number of pyridine rings is 1. The van der Waals surface area contributed by atoms with Crippen LogP contribution < -0.4 is 15.4 Å². The van der Waals surface area contributed by atoms with Gasteiger partial charge in [0.25, 0.3) is 0 Å². The second kappa shape index (κ2) is 8.58. The molecule has 0 spiro atoms. The van der Waals surface area contributed by atoms with Crippen molar-refractivity contribution in [3.63, 3.8) is 0 Å². The van der Waals surface area contributed by atoms with E-state index in [0.717, 1.165) is 23.3 Å². The molecule has 6 rings (SSSR count). The van der Waals surface area contributed by atoms with Crippen LogP contribution in [0.4, 0.5) is 10.1 Å². The topological polar surface area (TPSA) is 129 Å². The van der Waals surface area contributed by atoms with Crippen molar-refractivity contribution in [1.82, 2.24) is 35.0 Å². The molecular weight excluding hydrogens is 461 g/mol. The van der Waals surface area contributed by atoms with Gasteiger partial charge in [-0.3, -0.25) is 0 Å². The molecule has 0 saturated carbocycles. The number of ether oxygens (including phenoxy) is 1. The summed E-state index contributed by atoms with van der Waals surface area (Å²) in [6.45, 7) is 3.90. The number of H-pyrrole nitrogens is 1. The maximum absolute atomic E-state index is 14.8. The van der Waals surface area contributed by atoms with E-state index < -0.39 is 0 Å². The molecule has 3 N–H and O–H groups in total. The Morgan fingerprint density at radius 3 is 2.81 bits per heavy atom. The van der Waals surface area contributed by atoms with E-state index in [0.29, 0.717) is 64.1 Å². The van der Waals surface area contributed by atoms with E-state index in [1.807, 2.05) is 6.92 Å². The van der Waals surface area contributed by atoms with Crippen LogP contribution in [-0.4, -0.2) is 49.9 Å². The first-order valence-corrected chi connectivity index (χ1v) is 11.6. The maximum atomic E-state index is 14.8. The highest BCUT2D eigenvalue weighted by molar-refractivity contribution is 6.15. The zero-order valence-electron chi connectivity index (χ0n) is 19.7. The largest absolute Gasteiger partial charge is 0.467 e. The average Bonchev–Trinajstić information content (AvgIpc) is 3.47. The summed E-state index contributed by atoms with van der Waals surface area (Å²) >= 11 is 0. The first-order chi connectivity index (χ1) is 17.6. The smallest absolute Gasteiger partial charge is 0.316 e. The number of fused-ring (bicyclic) bond motifs is 4. The van der Waals surface area contributed by atoms with Crippen molar-refractivity contribution in [3.05, 3.63) is 53.5 Å². The zero-order chi connectivity index (χ0) is 24.8. The van der Waals surface area contributed by atoms with Crippen molar-refractivity contribution in [2.45, 2.75) is 19.9 Å². The number of aromatic nitrogens is 6. The van der Waals surface area contributed by atoms with Gasteiger partial charge < -0.3 is 20.4 Å². The van der Waals surface area contributed by atoms with E-state index in [2.05, 4.69) is 36.6 Å². The van der Waals surface area contributed by atoms with Crippen molar-refractivity contribution >= 4 is 27.6 Å². The number of anilines is 1. The molecule has 0 amide bonds. The quantitative estimate of drug-likeness (QED) is 0.347. The third-order valence-electron chi connectivity index (χ3n) is 6.41. The first-order valence-electron chi connectivity index (χ1n) is 11.6. The predicted octanol–water partition coefficient (Wildman–Crippen LogP) is 3.46. The summed E-state index contributed by atoms with van der Waals surface area (Å²) in [6, 6.07) is 5.44. The number of benzene rings is 1. The lowest BCUT2D eigenvalue weighted by Gasteiger charge is -2.18. The van der Waals surface area contributed by atoms with E-state index in [4.69, 9.17) is 9.84 Å². The fraction of sp³-hybridized carbons (Fsp3) is 0.240. The summed E-state index contributed by atoms with van der Waals surface area (Å²) in [5.41, 5.74) is 6.20. The van der Waals surface area contributed by atoms with Gasteiger partial charge in [-0.25, -0.2) is 24.0 Å². The molecule has 0 atom stereocenters. The van der Waals surface area contributed by atoms with Crippen LogP contribution in [0.15, 0.2) is 30.7 Å². The van der Waals surface area contributed by atoms with E-state index in [1.54, 1.807) is 23.3 Å². The summed E-state index contributed by atoms with van der Waals surface area (Å²) in [6.07, 6.45) is 5.71. The number of halogens is 1. The molecule has 0 aliphatic carbocycles. The van der Waals surface area contributed by atoms with Crippen molar-refractivity contribution in [2.24, 2.45) is 0 Å². The van der Waals surface area contributed by atoms with Crippen LogP contribution in [0.25, 0.3) is 38.8 Å². The van der Waals surface area contributed by atoms with Crippen LogP contribution in [0.2, 0.25) is 0 Å². The number of aromatic amines is 1. The van der Waals surface area contributed by atoms with E-state index in [-0.39, 0.29) is 11.8 Å². The van der Waals surface area contributed by atoms with Crippen molar-refractivity contribution in [1.29, 1.82) is 5.26 Å². The zero-order valence-corrected chi connectivity index (χ0v) is 19.7. The Balaban J connectivity index is 1.74. The molecule has 5 heterocycles. The lowest BCUT2D eigenvalue weighted by atomic mass is 10.0. The van der Waals surface area contributed by atoms with Gasteiger partial charge in [-0.2, -0.15) is 10.4 Å². The highest BCUT2D eigenvalue weighted by atomic mass is 19.1. The molecule has 1 aliphatic rings. The summed E-state index contributed by atoms with van der Waals surface area (Å²) in [7, 11) is 1.50. The minimum Gasteiger partial charge on any atom is -0.467 e. The Morgan fingerprint density at radius 2 is 2.06 bits per heavy atom. The fourth-order valence-corrected chi connectivity index (χ4v) is 4.85. The molecule has 11 heteroatoms. The van der Waals surface area contributed by atoms with Gasteiger partial charge in [0.1, 0.15) is 17.5 Å². The maximum Gasteiger partial charge on any atom is 0.316 e. The third-order valence-corrected chi connectivity index (χ3v) is 6.41. The number of hydrogen-bond donors (Lipinski definition) is 3. The predicted molar refractivity (Wildman–Crippen MR) is 133 cm³/mol. The summed E-state index contributed by atoms with van der Waals surface area (Å²) < 4.78 is 21.7. The Kier molecular flexibility index (Phi) is 5.23. The van der Waals surface area contributed by atoms with Crippen LogP contribution >= 0.6 is 0 Å². The number of rotatable bonds is 5. The molecule has 0 unspecified atom stereocenters. The summed E-state index contributed by atoms with van der Waals surface area (Å²) in [4.78, 5) is 16.6. The lowest BCUT2D eigenvalue weighted by molar-refractivity contribution is 0.380. The van der Waals surface area contributed by atoms with E-state index in [1.165, 1.54) is 19.2 Å². The minimum atomic E-state index is -0.370. The molecule has 0 bridgehead atoms. The second-order valence-electron chi connectivity index (χ2n) is 8.46. The minimum absolute atomic E-state index is 0.242. The molecule has 10 nitrogen and oxygen atoms in total. The fourth-order valence-electron chi connectivity index (χ4n) is 4.85. The Hall–Kier alpha value is -4.56. The molecule has 0 saturated heterocycles. The van der Waals surface area contributed by atoms with Gasteiger partial charge in [0.2, 0.25) is 0 Å². The standard InChI is InChI=1S/C25H22FN9O/c1-3-29-18-7-14(26)6-16-21-23(35-20-12-28-5-4-15(20)19(8-27)34-35)17(11-30-24(21)33-22(16)18)13-9-31-25(36-2)32-10-13/h6-7,9-11,28-29H,3-5,12H2,1-2H3,(H,30,33). The van der Waals surface area contributed by atoms with Gasteiger partial charge in [0, 0.05) is 53.8 Å². The lowest BCUT2D eigenvalue weighted by Crippen LogP contribution is -2.25. The van der Waals surface area contributed by atoms with E-state index >= 15 is 0 Å². The van der Waals surface area contributed by atoms with Crippen molar-refractivity contribution in [2.75, 3.05) is 25.5 Å². The van der Waals surface area contributed by atoms with Crippen LogP contribution in [0.3, 0.4) is 0 Å². The normalized spacial score (nSPS) is 13.1. The van der Waals surface area contributed by atoms with Crippen LogP contribution in [0.1, 0.15) is 23.9 Å². The molecule has 5 aromatic rings. The number of nitrogens with one attached hydrogen (secondary N) is 3. The Labute approximate surface area is 205 Å². The number of nitrogens with zero attached hydrogens (tertiary/aromatic N) is 6. The molecule has 0 fully saturated rings. The van der Waals surface area contributed by atoms with Crippen molar-refractivity contribution in [3.8, 4) is 28.9 Å². The monoisotopic (exact) mass is 483 g/mol. The van der Waals surface area contributed by atoms with Crippen LogP contribution in [-0.2, 0) is 13.0 Å². The third kappa shape index (κ3) is 3.34. The van der Waals surface area contributed by atoms with Crippen LogP contribution in [0.5, 0.6) is 6.01 Å². The SMILES string of the molecule is CCNc1cc(F)cc2c1[nH]c1ncc(-c3cnc(OC)nc3)c(-n3nc(C#N)c4c3CNCC4)c12. The van der Waals surface area contributed by atoms with Gasteiger partial charge in [0.15, 0.2) is 5.69 Å². The Morgan fingerprint density at radius 1 is 1.22 bits per heavy atom. The molecule has 0 radical (unpaired) electrons. The molecular formula is C25H22FN9O. The summed E-state index contributed by atoms with van der Waals surface area (Å²) in [5, 5.41) is 22.5. The van der Waals surface area contributed by atoms with Gasteiger partial charge in [-0.15, -0.1) is 0 Å². The molecule has 1 aromatic carbocycles. The second-order valence-corrected chi connectivity index (χ2v) is 8.46. The average molecular weight is 484 g/mol. The number of methoxy groups -OCH3 is 1. The number of hydrogen-bond acceptors (Lipinski definition) is 8. The molecule has 180 valence electrons. The highest BCUT2D eigenvalue weighted by Crippen LogP contribution is 2.39. The van der Waals surface area contributed by atoms with E-state index in [9.17, 15) is 9.65 Å². The molecule has 4 aromatic heterocycles. The Bertz CT molecular complexity index is 1660. The van der Waals surface area contributed by atoms with Gasteiger partial charge >= 0.3 is 6.01 Å².